The number of piperidine rings is 1. The summed E-state index contributed by atoms with van der Waals surface area (Å²) in [5, 5.41) is 4.76. The Morgan fingerprint density at radius 1 is 1.48 bits per heavy atom. The van der Waals surface area contributed by atoms with Crippen LogP contribution < -0.4 is 5.32 Å². The predicted octanol–water partition coefficient (Wildman–Crippen LogP) is 1.75. The second-order valence-electron chi connectivity index (χ2n) is 5.34. The second-order valence-corrected chi connectivity index (χ2v) is 6.29. The van der Waals surface area contributed by atoms with Crippen LogP contribution in [0.25, 0.3) is 0 Å². The van der Waals surface area contributed by atoms with E-state index in [4.69, 9.17) is 4.74 Å². The van der Waals surface area contributed by atoms with Crippen LogP contribution in [0.3, 0.4) is 0 Å². The fourth-order valence-corrected chi connectivity index (χ4v) is 3.25. The summed E-state index contributed by atoms with van der Waals surface area (Å²) in [7, 11) is 1.61. The number of carbonyl (C=O) groups excluding carboxylic acids is 2. The van der Waals surface area contributed by atoms with Gasteiger partial charge in [0, 0.05) is 26.2 Å². The van der Waals surface area contributed by atoms with Crippen LogP contribution in [0.5, 0.6) is 0 Å². The minimum Gasteiger partial charge on any atom is -0.383 e. The minimum atomic E-state index is -0.123. The van der Waals surface area contributed by atoms with Crippen molar-refractivity contribution in [1.29, 1.82) is 0 Å². The molecule has 1 fully saturated rings. The number of hydrogen-bond donors (Lipinski definition) is 1. The Bertz CT molecular complexity index is 475. The summed E-state index contributed by atoms with van der Waals surface area (Å²) >= 11 is 1.44. The first-order valence-corrected chi connectivity index (χ1v) is 8.12. The lowest BCUT2D eigenvalue weighted by atomic mass is 9.92. The number of rotatable bonds is 5. The highest BCUT2D eigenvalue weighted by molar-refractivity contribution is 7.12. The molecule has 2 heterocycles. The molecule has 5 nitrogen and oxygen atoms in total. The maximum atomic E-state index is 12.5. The van der Waals surface area contributed by atoms with Gasteiger partial charge in [-0.15, -0.1) is 11.3 Å². The first kappa shape index (κ1) is 16.0. The van der Waals surface area contributed by atoms with E-state index in [1.807, 2.05) is 29.3 Å². The largest absolute Gasteiger partial charge is 0.383 e. The van der Waals surface area contributed by atoms with Crippen LogP contribution in [0.2, 0.25) is 0 Å². The van der Waals surface area contributed by atoms with Crippen LogP contribution >= 0.6 is 11.3 Å². The van der Waals surface area contributed by atoms with Gasteiger partial charge >= 0.3 is 0 Å². The van der Waals surface area contributed by atoms with Crippen molar-refractivity contribution in [3.8, 4) is 0 Å². The average molecular weight is 310 g/mol. The number of ether oxygens (including phenoxy) is 1. The molecule has 6 heteroatoms. The Labute approximate surface area is 129 Å². The molecule has 2 rings (SSSR count). The zero-order valence-electron chi connectivity index (χ0n) is 12.5. The zero-order chi connectivity index (χ0) is 15.2. The number of nitrogens with one attached hydrogen (secondary N) is 1. The number of likely N-dealkylation sites (tertiary alicyclic amines) is 1. The SMILES string of the molecule is COCCNC(=O)[C@@H]1CC[C@@H](C)N(C(=O)c2cccs2)C1. The first-order chi connectivity index (χ1) is 10.1. The number of thiophene rings is 1. The van der Waals surface area contributed by atoms with Gasteiger partial charge in [0.05, 0.1) is 17.4 Å². The third-order valence-corrected chi connectivity index (χ3v) is 4.71. The third-order valence-electron chi connectivity index (χ3n) is 3.85. The molecule has 2 atom stereocenters. The Hall–Kier alpha value is -1.40. The summed E-state index contributed by atoms with van der Waals surface area (Å²) in [4.78, 5) is 27.2. The van der Waals surface area contributed by atoms with E-state index < -0.39 is 0 Å². The van der Waals surface area contributed by atoms with E-state index in [1.165, 1.54) is 11.3 Å². The van der Waals surface area contributed by atoms with Crippen LogP contribution in [0.4, 0.5) is 0 Å². The van der Waals surface area contributed by atoms with E-state index in [1.54, 1.807) is 7.11 Å². The number of methoxy groups -OCH3 is 1. The number of nitrogens with zero attached hydrogens (tertiary/aromatic N) is 1. The Morgan fingerprint density at radius 2 is 2.29 bits per heavy atom. The topological polar surface area (TPSA) is 58.6 Å². The summed E-state index contributed by atoms with van der Waals surface area (Å²) in [6.07, 6.45) is 1.69. The van der Waals surface area contributed by atoms with Crippen molar-refractivity contribution in [2.45, 2.75) is 25.8 Å². The number of amides is 2. The van der Waals surface area contributed by atoms with Gasteiger partial charge in [-0.2, -0.15) is 0 Å². The number of carbonyl (C=O) groups is 2. The van der Waals surface area contributed by atoms with Gasteiger partial charge in [-0.25, -0.2) is 0 Å². The summed E-state index contributed by atoms with van der Waals surface area (Å²) in [6.45, 7) is 3.56. The normalized spacial score (nSPS) is 22.1. The molecule has 0 radical (unpaired) electrons. The van der Waals surface area contributed by atoms with Crippen molar-refractivity contribution in [2.24, 2.45) is 5.92 Å². The molecule has 1 saturated heterocycles. The summed E-state index contributed by atoms with van der Waals surface area (Å²) in [5.41, 5.74) is 0. The quantitative estimate of drug-likeness (QED) is 0.843. The number of hydrogen-bond acceptors (Lipinski definition) is 4. The zero-order valence-corrected chi connectivity index (χ0v) is 13.3. The molecule has 116 valence electrons. The van der Waals surface area contributed by atoms with Crippen molar-refractivity contribution in [3.05, 3.63) is 22.4 Å². The Kier molecular flexibility index (Phi) is 5.76. The lowest BCUT2D eigenvalue weighted by Crippen LogP contribution is -2.49. The second kappa shape index (κ2) is 7.56. The van der Waals surface area contributed by atoms with Crippen molar-refractivity contribution in [1.82, 2.24) is 10.2 Å². The van der Waals surface area contributed by atoms with E-state index in [0.717, 1.165) is 17.7 Å². The average Bonchev–Trinajstić information content (AvgIpc) is 3.01. The molecule has 21 heavy (non-hydrogen) atoms. The standard InChI is InChI=1S/C15H22N2O3S/c1-11-5-6-12(14(18)16-7-8-20-2)10-17(11)15(19)13-4-3-9-21-13/h3-4,9,11-12H,5-8,10H2,1-2H3,(H,16,18)/t11-,12-/m1/s1. The molecule has 0 saturated carbocycles. The van der Waals surface area contributed by atoms with Crippen LogP contribution in [0, 0.1) is 5.92 Å². The smallest absolute Gasteiger partial charge is 0.264 e. The minimum absolute atomic E-state index is 0.0166. The van der Waals surface area contributed by atoms with Gasteiger partial charge in [0.15, 0.2) is 0 Å². The van der Waals surface area contributed by atoms with Crippen molar-refractivity contribution >= 4 is 23.2 Å². The van der Waals surface area contributed by atoms with Gasteiger partial charge in [0.25, 0.3) is 5.91 Å². The summed E-state index contributed by atoms with van der Waals surface area (Å²) in [6, 6.07) is 3.89. The lowest BCUT2D eigenvalue weighted by molar-refractivity contribution is -0.126. The maximum absolute atomic E-state index is 12.5. The molecule has 1 aromatic rings. The van der Waals surface area contributed by atoms with Gasteiger partial charge in [-0.3, -0.25) is 9.59 Å². The van der Waals surface area contributed by atoms with Gasteiger partial charge in [-0.05, 0) is 31.2 Å². The fraction of sp³-hybridized carbons (Fsp3) is 0.600. The van der Waals surface area contributed by atoms with Crippen molar-refractivity contribution < 1.29 is 14.3 Å². The van der Waals surface area contributed by atoms with Crippen LogP contribution in [-0.2, 0) is 9.53 Å². The first-order valence-electron chi connectivity index (χ1n) is 7.24. The highest BCUT2D eigenvalue weighted by atomic mass is 32.1. The van der Waals surface area contributed by atoms with Gasteiger partial charge in [0.1, 0.15) is 0 Å². The van der Waals surface area contributed by atoms with Crippen molar-refractivity contribution in [2.75, 3.05) is 26.8 Å². The molecule has 0 unspecified atom stereocenters. The van der Waals surface area contributed by atoms with Gasteiger partial charge in [-0.1, -0.05) is 6.07 Å². The van der Waals surface area contributed by atoms with Crippen LogP contribution in [0.1, 0.15) is 29.4 Å². The third kappa shape index (κ3) is 4.04. The highest BCUT2D eigenvalue weighted by Gasteiger charge is 2.33. The lowest BCUT2D eigenvalue weighted by Gasteiger charge is -2.37. The summed E-state index contributed by atoms with van der Waals surface area (Å²) in [5.74, 6) is -0.0724. The van der Waals surface area contributed by atoms with Crippen LogP contribution in [-0.4, -0.2) is 49.6 Å². The molecule has 1 aliphatic rings. The molecule has 2 amide bonds. The fourth-order valence-electron chi connectivity index (χ4n) is 2.57. The highest BCUT2D eigenvalue weighted by Crippen LogP contribution is 2.25. The molecule has 0 bridgehead atoms. The molecule has 1 N–H and O–H groups in total. The maximum Gasteiger partial charge on any atom is 0.264 e. The van der Waals surface area contributed by atoms with Gasteiger partial charge < -0.3 is 15.0 Å². The predicted molar refractivity (Wildman–Crippen MR) is 82.4 cm³/mol. The van der Waals surface area contributed by atoms with E-state index in [0.29, 0.717) is 19.7 Å². The monoisotopic (exact) mass is 310 g/mol. The molecule has 0 spiro atoms. The van der Waals surface area contributed by atoms with Crippen molar-refractivity contribution in [3.63, 3.8) is 0 Å². The Balaban J connectivity index is 1.96. The van der Waals surface area contributed by atoms with Gasteiger partial charge in [0.2, 0.25) is 5.91 Å². The Morgan fingerprint density at radius 3 is 2.95 bits per heavy atom. The van der Waals surface area contributed by atoms with E-state index in [-0.39, 0.29) is 23.8 Å². The molecule has 1 aliphatic heterocycles. The van der Waals surface area contributed by atoms with E-state index in [9.17, 15) is 9.59 Å². The molecular formula is C15H22N2O3S. The molecule has 0 aromatic carbocycles. The summed E-state index contributed by atoms with van der Waals surface area (Å²) < 4.78 is 4.93. The molecular weight excluding hydrogens is 288 g/mol. The molecule has 0 aliphatic carbocycles. The molecule has 1 aromatic heterocycles. The van der Waals surface area contributed by atoms with E-state index >= 15 is 0 Å². The van der Waals surface area contributed by atoms with Crippen LogP contribution in [0.15, 0.2) is 17.5 Å². The van der Waals surface area contributed by atoms with E-state index in [2.05, 4.69) is 5.32 Å².